The maximum atomic E-state index is 11.9. The molecule has 1 aliphatic heterocycles. The molecule has 0 saturated carbocycles. The van der Waals surface area contributed by atoms with E-state index in [1.54, 1.807) is 32.0 Å². The standard InChI is InChI=1S/C15H23NO4S/c1-10-8-19-12-6-5-11(7-13(12)20-9-10)14(16)15(2,3)21(4,17)18/h5-7,10,14H,8-9,16H2,1-4H3. The number of rotatable bonds is 3. The maximum Gasteiger partial charge on any atom is 0.161 e. The summed E-state index contributed by atoms with van der Waals surface area (Å²) in [5.41, 5.74) is 6.91. The van der Waals surface area contributed by atoms with E-state index in [4.69, 9.17) is 15.2 Å². The molecule has 0 aromatic heterocycles. The molecule has 0 bridgehead atoms. The van der Waals surface area contributed by atoms with Crippen LogP contribution in [0.1, 0.15) is 32.4 Å². The Labute approximate surface area is 126 Å². The van der Waals surface area contributed by atoms with Crippen molar-refractivity contribution < 1.29 is 17.9 Å². The molecule has 0 spiro atoms. The van der Waals surface area contributed by atoms with E-state index in [2.05, 4.69) is 0 Å². The van der Waals surface area contributed by atoms with Gasteiger partial charge in [0, 0.05) is 18.2 Å². The number of sulfone groups is 1. The van der Waals surface area contributed by atoms with E-state index in [1.807, 2.05) is 6.92 Å². The van der Waals surface area contributed by atoms with E-state index < -0.39 is 20.6 Å². The van der Waals surface area contributed by atoms with Gasteiger partial charge in [0.2, 0.25) is 0 Å². The van der Waals surface area contributed by atoms with Crippen LogP contribution in [0, 0.1) is 5.92 Å². The first-order valence-electron chi connectivity index (χ1n) is 6.97. The minimum Gasteiger partial charge on any atom is -0.489 e. The van der Waals surface area contributed by atoms with Crippen LogP contribution in [0.2, 0.25) is 0 Å². The summed E-state index contributed by atoms with van der Waals surface area (Å²) in [6.07, 6.45) is 1.21. The van der Waals surface area contributed by atoms with Crippen LogP contribution < -0.4 is 15.2 Å². The molecule has 1 heterocycles. The summed E-state index contributed by atoms with van der Waals surface area (Å²) in [5.74, 6) is 1.60. The predicted molar refractivity (Wildman–Crippen MR) is 82.4 cm³/mol. The fraction of sp³-hybridized carbons (Fsp3) is 0.600. The highest BCUT2D eigenvalue weighted by molar-refractivity contribution is 7.92. The average molecular weight is 313 g/mol. The first-order valence-corrected chi connectivity index (χ1v) is 8.87. The third kappa shape index (κ3) is 3.16. The van der Waals surface area contributed by atoms with E-state index in [-0.39, 0.29) is 0 Å². The second kappa shape index (κ2) is 5.50. The van der Waals surface area contributed by atoms with Crippen LogP contribution in [-0.2, 0) is 9.84 Å². The molecule has 6 heteroatoms. The van der Waals surface area contributed by atoms with E-state index in [9.17, 15) is 8.42 Å². The van der Waals surface area contributed by atoms with Crippen LogP contribution in [-0.4, -0.2) is 32.6 Å². The molecule has 2 atom stereocenters. The van der Waals surface area contributed by atoms with E-state index >= 15 is 0 Å². The Morgan fingerprint density at radius 3 is 2.38 bits per heavy atom. The van der Waals surface area contributed by atoms with Crippen molar-refractivity contribution >= 4 is 9.84 Å². The fourth-order valence-electron chi connectivity index (χ4n) is 2.09. The Morgan fingerprint density at radius 2 is 1.81 bits per heavy atom. The zero-order valence-electron chi connectivity index (χ0n) is 12.9. The monoisotopic (exact) mass is 313 g/mol. The van der Waals surface area contributed by atoms with Crippen molar-refractivity contribution in [1.29, 1.82) is 0 Å². The number of ether oxygens (including phenoxy) is 2. The Hall–Kier alpha value is -1.27. The van der Waals surface area contributed by atoms with Gasteiger partial charge in [-0.15, -0.1) is 0 Å². The van der Waals surface area contributed by atoms with Gasteiger partial charge in [-0.05, 0) is 31.5 Å². The van der Waals surface area contributed by atoms with Crippen molar-refractivity contribution in [2.75, 3.05) is 19.5 Å². The quantitative estimate of drug-likeness (QED) is 0.922. The predicted octanol–water partition coefficient (Wildman–Crippen LogP) is 1.92. The maximum absolute atomic E-state index is 11.9. The summed E-state index contributed by atoms with van der Waals surface area (Å²) in [4.78, 5) is 0. The first kappa shape index (κ1) is 16.1. The lowest BCUT2D eigenvalue weighted by atomic mass is 9.96. The van der Waals surface area contributed by atoms with Gasteiger partial charge in [-0.2, -0.15) is 0 Å². The van der Waals surface area contributed by atoms with Gasteiger partial charge in [-0.3, -0.25) is 0 Å². The summed E-state index contributed by atoms with van der Waals surface area (Å²) in [5, 5.41) is 0. The van der Waals surface area contributed by atoms with Gasteiger partial charge in [-0.1, -0.05) is 13.0 Å². The summed E-state index contributed by atoms with van der Waals surface area (Å²) in [6, 6.07) is 4.74. The molecule has 2 rings (SSSR count). The van der Waals surface area contributed by atoms with Gasteiger partial charge in [0.1, 0.15) is 0 Å². The molecular weight excluding hydrogens is 290 g/mol. The Bertz CT molecular complexity index is 625. The topological polar surface area (TPSA) is 78.6 Å². The Kier molecular flexibility index (Phi) is 4.22. The second-order valence-electron chi connectivity index (χ2n) is 6.29. The molecule has 1 aromatic rings. The highest BCUT2D eigenvalue weighted by Gasteiger charge is 2.38. The average Bonchev–Trinajstić information content (AvgIpc) is 2.58. The van der Waals surface area contributed by atoms with E-state index in [1.165, 1.54) is 6.26 Å². The van der Waals surface area contributed by atoms with Crippen molar-refractivity contribution in [2.45, 2.75) is 31.6 Å². The SMILES string of the molecule is CC1COc2ccc(C(N)C(C)(C)S(C)(=O)=O)cc2OC1. The van der Waals surface area contributed by atoms with Crippen LogP contribution >= 0.6 is 0 Å². The van der Waals surface area contributed by atoms with E-state index in [0.29, 0.717) is 30.6 Å². The van der Waals surface area contributed by atoms with Crippen molar-refractivity contribution in [2.24, 2.45) is 11.7 Å². The lowest BCUT2D eigenvalue weighted by Gasteiger charge is -2.30. The Balaban J connectivity index is 2.35. The molecule has 2 N–H and O–H groups in total. The van der Waals surface area contributed by atoms with Crippen LogP contribution in [0.25, 0.3) is 0 Å². The second-order valence-corrected chi connectivity index (χ2v) is 8.88. The normalized spacial score (nSPS) is 20.7. The molecule has 0 amide bonds. The number of hydrogen-bond donors (Lipinski definition) is 1. The molecule has 0 saturated heterocycles. The van der Waals surface area contributed by atoms with Gasteiger partial charge in [0.25, 0.3) is 0 Å². The fourth-order valence-corrected chi connectivity index (χ4v) is 2.69. The number of fused-ring (bicyclic) bond motifs is 1. The molecular formula is C15H23NO4S. The largest absolute Gasteiger partial charge is 0.489 e. The minimum absolute atomic E-state index is 0.307. The molecule has 21 heavy (non-hydrogen) atoms. The van der Waals surface area contributed by atoms with Crippen molar-refractivity contribution in [3.63, 3.8) is 0 Å². The molecule has 2 unspecified atom stereocenters. The van der Waals surface area contributed by atoms with Gasteiger partial charge >= 0.3 is 0 Å². The van der Waals surface area contributed by atoms with Crippen LogP contribution in [0.5, 0.6) is 11.5 Å². The van der Waals surface area contributed by atoms with Gasteiger partial charge < -0.3 is 15.2 Å². The summed E-state index contributed by atoms with van der Waals surface area (Å²) < 4.78 is 34.2. The molecule has 0 radical (unpaired) electrons. The molecule has 0 fully saturated rings. The van der Waals surface area contributed by atoms with Gasteiger partial charge in [-0.25, -0.2) is 8.42 Å². The Morgan fingerprint density at radius 1 is 1.24 bits per heavy atom. The minimum atomic E-state index is -3.28. The zero-order chi connectivity index (χ0) is 15.8. The number of benzene rings is 1. The van der Waals surface area contributed by atoms with Crippen molar-refractivity contribution in [3.05, 3.63) is 23.8 Å². The number of hydrogen-bond acceptors (Lipinski definition) is 5. The summed E-state index contributed by atoms with van der Waals surface area (Å²) >= 11 is 0. The molecule has 5 nitrogen and oxygen atoms in total. The van der Waals surface area contributed by atoms with Crippen molar-refractivity contribution in [3.8, 4) is 11.5 Å². The number of nitrogens with two attached hydrogens (primary N) is 1. The third-order valence-corrected chi connectivity index (χ3v) is 6.24. The first-order chi connectivity index (χ1) is 9.63. The molecule has 118 valence electrons. The van der Waals surface area contributed by atoms with Crippen LogP contribution in [0.3, 0.4) is 0 Å². The highest BCUT2D eigenvalue weighted by atomic mass is 32.2. The molecule has 1 aromatic carbocycles. The lowest BCUT2D eigenvalue weighted by molar-refractivity contribution is 0.228. The summed E-state index contributed by atoms with van der Waals surface area (Å²) in [7, 11) is -3.28. The third-order valence-electron chi connectivity index (χ3n) is 4.08. The van der Waals surface area contributed by atoms with Crippen molar-refractivity contribution in [1.82, 2.24) is 0 Å². The van der Waals surface area contributed by atoms with E-state index in [0.717, 1.165) is 5.56 Å². The molecule has 1 aliphatic rings. The van der Waals surface area contributed by atoms with Gasteiger partial charge in [0.15, 0.2) is 21.3 Å². The highest BCUT2D eigenvalue weighted by Crippen LogP contribution is 2.36. The zero-order valence-corrected chi connectivity index (χ0v) is 13.7. The lowest BCUT2D eigenvalue weighted by Crippen LogP contribution is -2.42. The van der Waals surface area contributed by atoms with Crippen LogP contribution in [0.15, 0.2) is 18.2 Å². The summed E-state index contributed by atoms with van der Waals surface area (Å²) in [6.45, 7) is 6.50. The van der Waals surface area contributed by atoms with Crippen LogP contribution in [0.4, 0.5) is 0 Å². The smallest absolute Gasteiger partial charge is 0.161 e. The van der Waals surface area contributed by atoms with Gasteiger partial charge in [0.05, 0.1) is 18.0 Å². The molecule has 0 aliphatic carbocycles.